The van der Waals surface area contributed by atoms with Crippen molar-refractivity contribution in [2.45, 2.75) is 51.2 Å². The first-order chi connectivity index (χ1) is 10.7. The quantitative estimate of drug-likeness (QED) is 0.929. The number of amides is 2. The summed E-state index contributed by atoms with van der Waals surface area (Å²) >= 11 is 1.16. The summed E-state index contributed by atoms with van der Waals surface area (Å²) in [5.41, 5.74) is 1.12. The van der Waals surface area contributed by atoms with E-state index in [2.05, 4.69) is 15.8 Å². The lowest BCUT2D eigenvalue weighted by Crippen LogP contribution is -2.44. The number of aryl methyl sites for hydroxylation is 1. The number of ether oxygens (including phenoxy) is 1. The maximum Gasteiger partial charge on any atom is 0.322 e. The third-order valence-corrected chi connectivity index (χ3v) is 5.22. The van der Waals surface area contributed by atoms with Gasteiger partial charge in [0.25, 0.3) is 0 Å². The number of aromatic nitrogens is 1. The van der Waals surface area contributed by atoms with Gasteiger partial charge >= 0.3 is 6.03 Å². The number of urea groups is 1. The molecule has 2 heterocycles. The third-order valence-electron chi connectivity index (χ3n) is 4.36. The molecule has 0 aromatic carbocycles. The molecule has 3 rings (SSSR count). The number of nitrogens with zero attached hydrogens (tertiary/aromatic N) is 3. The molecule has 22 heavy (non-hydrogen) atoms. The molecule has 2 amide bonds. The molecule has 0 unspecified atom stereocenters. The zero-order valence-electron chi connectivity index (χ0n) is 12.7. The fourth-order valence-electron chi connectivity index (χ4n) is 2.74. The Labute approximate surface area is 134 Å². The summed E-state index contributed by atoms with van der Waals surface area (Å²) in [4.78, 5) is 14.1. The van der Waals surface area contributed by atoms with Crippen molar-refractivity contribution in [2.75, 3.05) is 18.4 Å². The van der Waals surface area contributed by atoms with Crippen molar-refractivity contribution >= 4 is 22.6 Å². The monoisotopic (exact) mass is 320 g/mol. The Morgan fingerprint density at radius 3 is 2.64 bits per heavy atom. The molecule has 1 aromatic heterocycles. The Morgan fingerprint density at radius 1 is 1.36 bits per heavy atom. The van der Waals surface area contributed by atoms with Crippen molar-refractivity contribution in [3.63, 3.8) is 0 Å². The van der Waals surface area contributed by atoms with Crippen LogP contribution < -0.4 is 5.32 Å². The van der Waals surface area contributed by atoms with Gasteiger partial charge in [-0.3, -0.25) is 5.32 Å². The van der Waals surface area contributed by atoms with Crippen molar-refractivity contribution in [3.05, 3.63) is 11.3 Å². The van der Waals surface area contributed by atoms with Crippen LogP contribution in [0.2, 0.25) is 0 Å². The van der Waals surface area contributed by atoms with Crippen LogP contribution in [0.15, 0.2) is 0 Å². The first kappa shape index (κ1) is 15.3. The van der Waals surface area contributed by atoms with Gasteiger partial charge in [0.1, 0.15) is 16.6 Å². The highest BCUT2D eigenvalue weighted by molar-refractivity contribution is 7.10. The fraction of sp³-hybridized carbons (Fsp3) is 0.667. The van der Waals surface area contributed by atoms with Crippen LogP contribution in [-0.4, -0.2) is 40.6 Å². The van der Waals surface area contributed by atoms with E-state index in [0.717, 1.165) is 24.4 Å². The van der Waals surface area contributed by atoms with E-state index in [1.165, 1.54) is 19.3 Å². The number of carbonyl (C=O) groups excluding carboxylic acids is 1. The van der Waals surface area contributed by atoms with Crippen LogP contribution in [0.1, 0.15) is 43.4 Å². The van der Waals surface area contributed by atoms with Gasteiger partial charge < -0.3 is 9.64 Å². The third kappa shape index (κ3) is 3.23. The highest BCUT2D eigenvalue weighted by Gasteiger charge is 2.28. The molecule has 1 aliphatic carbocycles. The average Bonchev–Trinajstić information content (AvgIpc) is 2.83. The van der Waals surface area contributed by atoms with E-state index in [4.69, 9.17) is 10.00 Å². The van der Waals surface area contributed by atoms with Gasteiger partial charge in [0.05, 0.1) is 17.9 Å². The Balaban J connectivity index is 1.50. The van der Waals surface area contributed by atoms with Gasteiger partial charge in [-0.1, -0.05) is 0 Å². The minimum Gasteiger partial charge on any atom is -0.375 e. The first-order valence-corrected chi connectivity index (χ1v) is 8.52. The predicted octanol–water partition coefficient (Wildman–Crippen LogP) is 2.89. The zero-order chi connectivity index (χ0) is 15.5. The van der Waals surface area contributed by atoms with E-state index in [1.807, 2.05) is 0 Å². The molecule has 0 atom stereocenters. The smallest absolute Gasteiger partial charge is 0.322 e. The van der Waals surface area contributed by atoms with Gasteiger partial charge in [0.2, 0.25) is 0 Å². The molecule has 1 saturated carbocycles. The van der Waals surface area contributed by atoms with Crippen LogP contribution >= 0.6 is 11.5 Å². The Kier molecular flexibility index (Phi) is 4.60. The van der Waals surface area contributed by atoms with Gasteiger partial charge in [0, 0.05) is 13.1 Å². The van der Waals surface area contributed by atoms with E-state index in [9.17, 15) is 4.79 Å². The molecule has 1 aliphatic heterocycles. The van der Waals surface area contributed by atoms with Gasteiger partial charge in [0.15, 0.2) is 0 Å². The molecule has 1 saturated heterocycles. The molecule has 6 nitrogen and oxygen atoms in total. The van der Waals surface area contributed by atoms with Crippen LogP contribution in [0.3, 0.4) is 0 Å². The summed E-state index contributed by atoms with van der Waals surface area (Å²) in [5.74, 6) is 0. The number of hydrogen-bond acceptors (Lipinski definition) is 5. The molecule has 0 spiro atoms. The number of piperidine rings is 1. The van der Waals surface area contributed by atoms with Gasteiger partial charge in [-0.25, -0.2) is 4.79 Å². The van der Waals surface area contributed by atoms with Gasteiger partial charge in [-0.2, -0.15) is 9.64 Å². The number of rotatable bonds is 3. The topological polar surface area (TPSA) is 78.2 Å². The second-order valence-corrected chi connectivity index (χ2v) is 6.66. The van der Waals surface area contributed by atoms with Crippen LogP contribution in [0.5, 0.6) is 0 Å². The largest absolute Gasteiger partial charge is 0.375 e. The van der Waals surface area contributed by atoms with Crippen molar-refractivity contribution < 1.29 is 9.53 Å². The second-order valence-electron chi connectivity index (χ2n) is 5.89. The molecule has 118 valence electrons. The standard InChI is InChI=1S/C15H20N4O2S/c1-10-13(9-16)14(22-18-10)17-15(20)19-7-5-12(6-8-19)21-11-3-2-4-11/h11-12H,2-8H2,1H3,(H,17,20). The summed E-state index contributed by atoms with van der Waals surface area (Å²) in [6.07, 6.45) is 6.15. The maximum absolute atomic E-state index is 12.3. The van der Waals surface area contributed by atoms with E-state index in [1.54, 1.807) is 11.8 Å². The van der Waals surface area contributed by atoms with Crippen LogP contribution in [0.4, 0.5) is 9.80 Å². The van der Waals surface area contributed by atoms with Crippen molar-refractivity contribution in [3.8, 4) is 6.07 Å². The van der Waals surface area contributed by atoms with Crippen molar-refractivity contribution in [1.29, 1.82) is 5.26 Å². The van der Waals surface area contributed by atoms with Gasteiger partial charge in [-0.05, 0) is 50.6 Å². The van der Waals surface area contributed by atoms with E-state index < -0.39 is 0 Å². The number of nitriles is 1. The molecule has 2 aliphatic rings. The summed E-state index contributed by atoms with van der Waals surface area (Å²) in [6, 6.07) is 1.94. The molecular formula is C15H20N4O2S. The normalized spacial score (nSPS) is 19.5. The van der Waals surface area contributed by atoms with Crippen molar-refractivity contribution in [2.24, 2.45) is 0 Å². The summed E-state index contributed by atoms with van der Waals surface area (Å²) in [5, 5.41) is 12.4. The summed E-state index contributed by atoms with van der Waals surface area (Å²) < 4.78 is 10.1. The maximum atomic E-state index is 12.3. The van der Waals surface area contributed by atoms with E-state index in [0.29, 0.717) is 35.5 Å². The first-order valence-electron chi connectivity index (χ1n) is 7.75. The van der Waals surface area contributed by atoms with E-state index >= 15 is 0 Å². The Morgan fingerprint density at radius 2 is 2.05 bits per heavy atom. The Hall–Kier alpha value is -1.65. The van der Waals surface area contributed by atoms with E-state index in [-0.39, 0.29) is 12.1 Å². The lowest BCUT2D eigenvalue weighted by atomic mass is 9.95. The molecule has 7 heteroatoms. The minimum atomic E-state index is -0.151. The highest BCUT2D eigenvalue weighted by Crippen LogP contribution is 2.27. The number of hydrogen-bond donors (Lipinski definition) is 1. The SMILES string of the molecule is Cc1nsc(NC(=O)N2CCC(OC3CCC3)CC2)c1C#N. The number of nitrogens with one attached hydrogen (secondary N) is 1. The molecule has 0 bridgehead atoms. The second kappa shape index (κ2) is 6.63. The molecular weight excluding hydrogens is 300 g/mol. The average molecular weight is 320 g/mol. The number of likely N-dealkylation sites (tertiary alicyclic amines) is 1. The molecule has 0 radical (unpaired) electrons. The lowest BCUT2D eigenvalue weighted by Gasteiger charge is -2.36. The zero-order valence-corrected chi connectivity index (χ0v) is 13.5. The lowest BCUT2D eigenvalue weighted by molar-refractivity contribution is -0.0694. The van der Waals surface area contributed by atoms with Gasteiger partial charge in [-0.15, -0.1) is 0 Å². The summed E-state index contributed by atoms with van der Waals surface area (Å²) in [6.45, 7) is 3.17. The number of carbonyl (C=O) groups is 1. The Bertz CT molecular complexity index is 583. The summed E-state index contributed by atoms with van der Waals surface area (Å²) in [7, 11) is 0. The van der Waals surface area contributed by atoms with Crippen LogP contribution in [0, 0.1) is 18.3 Å². The fourth-order valence-corrected chi connectivity index (χ4v) is 3.47. The van der Waals surface area contributed by atoms with Crippen LogP contribution in [-0.2, 0) is 4.74 Å². The van der Waals surface area contributed by atoms with Crippen molar-refractivity contribution in [1.82, 2.24) is 9.27 Å². The molecule has 2 fully saturated rings. The predicted molar refractivity (Wildman–Crippen MR) is 83.9 cm³/mol. The number of anilines is 1. The highest BCUT2D eigenvalue weighted by atomic mass is 32.1. The minimum absolute atomic E-state index is 0.151. The molecule has 1 aromatic rings. The van der Waals surface area contributed by atoms with Crippen LogP contribution in [0.25, 0.3) is 0 Å². The molecule has 1 N–H and O–H groups in total.